The van der Waals surface area contributed by atoms with Gasteiger partial charge in [0.15, 0.2) is 5.79 Å². The van der Waals surface area contributed by atoms with Crippen molar-refractivity contribution in [3.05, 3.63) is 0 Å². The van der Waals surface area contributed by atoms with Crippen molar-refractivity contribution >= 4 is 0 Å². The van der Waals surface area contributed by atoms with E-state index in [1.165, 1.54) is 51.4 Å². The standard InChI is InChI=1S/C19H38O4/c1-5-6-7-8-9-10-11-12-13-17(20-4)14-21-15-18-16-22-19(2,3)23-18/h17-18H,5-16H2,1-4H3. The van der Waals surface area contributed by atoms with Gasteiger partial charge in [-0.1, -0.05) is 58.3 Å². The van der Waals surface area contributed by atoms with E-state index in [1.54, 1.807) is 7.11 Å². The maximum Gasteiger partial charge on any atom is 0.163 e. The lowest BCUT2D eigenvalue weighted by Crippen LogP contribution is -2.26. The molecule has 4 nitrogen and oxygen atoms in total. The van der Waals surface area contributed by atoms with Gasteiger partial charge < -0.3 is 18.9 Å². The molecule has 0 aromatic heterocycles. The fourth-order valence-electron chi connectivity index (χ4n) is 2.95. The molecule has 0 saturated carbocycles. The SMILES string of the molecule is CCCCCCCCCCC(COCC1COC(C)(C)O1)OC. The highest BCUT2D eigenvalue weighted by Gasteiger charge is 2.32. The maximum atomic E-state index is 5.76. The summed E-state index contributed by atoms with van der Waals surface area (Å²) in [5.41, 5.74) is 0. The molecule has 0 aromatic rings. The molecule has 0 aliphatic carbocycles. The summed E-state index contributed by atoms with van der Waals surface area (Å²) < 4.78 is 22.5. The summed E-state index contributed by atoms with van der Waals surface area (Å²) in [7, 11) is 1.77. The summed E-state index contributed by atoms with van der Waals surface area (Å²) in [6, 6.07) is 0. The topological polar surface area (TPSA) is 36.9 Å². The lowest BCUT2D eigenvalue weighted by Gasteiger charge is -2.19. The van der Waals surface area contributed by atoms with Crippen molar-refractivity contribution in [2.45, 2.75) is 96.6 Å². The molecule has 4 heteroatoms. The second-order valence-electron chi connectivity index (χ2n) is 7.11. The molecule has 1 fully saturated rings. The minimum absolute atomic E-state index is 0.0469. The summed E-state index contributed by atoms with van der Waals surface area (Å²) >= 11 is 0. The molecule has 2 unspecified atom stereocenters. The number of methoxy groups -OCH3 is 1. The minimum Gasteiger partial charge on any atom is -0.379 e. The van der Waals surface area contributed by atoms with Gasteiger partial charge in [-0.3, -0.25) is 0 Å². The normalized spacial score (nSPS) is 21.7. The molecule has 2 atom stereocenters. The van der Waals surface area contributed by atoms with Crippen LogP contribution in [0.4, 0.5) is 0 Å². The Kier molecular flexibility index (Phi) is 11.1. The molecule has 0 amide bonds. The van der Waals surface area contributed by atoms with Crippen LogP contribution in [-0.4, -0.2) is 44.9 Å². The lowest BCUT2D eigenvalue weighted by molar-refractivity contribution is -0.146. The van der Waals surface area contributed by atoms with E-state index in [0.29, 0.717) is 19.8 Å². The third-order valence-electron chi connectivity index (χ3n) is 4.39. The van der Waals surface area contributed by atoms with Crippen molar-refractivity contribution in [3.8, 4) is 0 Å². The summed E-state index contributed by atoms with van der Waals surface area (Å²) in [4.78, 5) is 0. The lowest BCUT2D eigenvalue weighted by atomic mass is 10.1. The molecule has 1 saturated heterocycles. The van der Waals surface area contributed by atoms with E-state index < -0.39 is 5.79 Å². The summed E-state index contributed by atoms with van der Waals surface area (Å²) in [5, 5.41) is 0. The Hall–Kier alpha value is -0.160. The van der Waals surface area contributed by atoms with Gasteiger partial charge in [-0.25, -0.2) is 0 Å². The molecule has 23 heavy (non-hydrogen) atoms. The van der Waals surface area contributed by atoms with E-state index in [9.17, 15) is 0 Å². The van der Waals surface area contributed by atoms with Gasteiger partial charge in [0.2, 0.25) is 0 Å². The zero-order valence-electron chi connectivity index (χ0n) is 15.8. The van der Waals surface area contributed by atoms with Crippen LogP contribution in [0, 0.1) is 0 Å². The molecular weight excluding hydrogens is 292 g/mol. The van der Waals surface area contributed by atoms with Gasteiger partial charge in [-0.05, 0) is 20.3 Å². The van der Waals surface area contributed by atoms with Gasteiger partial charge in [0.05, 0.1) is 25.9 Å². The molecule has 138 valence electrons. The number of rotatable bonds is 14. The highest BCUT2D eigenvalue weighted by Crippen LogP contribution is 2.22. The molecule has 1 rings (SSSR count). The Morgan fingerprint density at radius 3 is 2.26 bits per heavy atom. The Balaban J connectivity index is 1.95. The first-order chi connectivity index (χ1) is 11.1. The van der Waals surface area contributed by atoms with Crippen LogP contribution in [0.1, 0.15) is 78.6 Å². The van der Waals surface area contributed by atoms with Gasteiger partial charge in [0.25, 0.3) is 0 Å². The zero-order valence-corrected chi connectivity index (χ0v) is 15.8. The molecule has 0 aromatic carbocycles. The summed E-state index contributed by atoms with van der Waals surface area (Å²) in [6.45, 7) is 7.98. The Labute approximate surface area is 143 Å². The molecule has 1 heterocycles. The minimum atomic E-state index is -0.466. The van der Waals surface area contributed by atoms with Gasteiger partial charge in [-0.2, -0.15) is 0 Å². The summed E-state index contributed by atoms with van der Waals surface area (Å²) in [6.07, 6.45) is 12.1. The van der Waals surface area contributed by atoms with Crippen LogP contribution in [-0.2, 0) is 18.9 Å². The van der Waals surface area contributed by atoms with Crippen molar-refractivity contribution < 1.29 is 18.9 Å². The summed E-state index contributed by atoms with van der Waals surface area (Å²) in [5.74, 6) is -0.466. The van der Waals surface area contributed by atoms with Crippen LogP contribution >= 0.6 is 0 Å². The number of unbranched alkanes of at least 4 members (excludes halogenated alkanes) is 7. The van der Waals surface area contributed by atoms with Crippen LogP contribution in [0.5, 0.6) is 0 Å². The first kappa shape index (κ1) is 20.9. The fourth-order valence-corrected chi connectivity index (χ4v) is 2.95. The van der Waals surface area contributed by atoms with Crippen molar-refractivity contribution in [1.29, 1.82) is 0 Å². The van der Waals surface area contributed by atoms with Crippen molar-refractivity contribution in [3.63, 3.8) is 0 Å². The van der Waals surface area contributed by atoms with Gasteiger partial charge in [0, 0.05) is 7.11 Å². The Morgan fingerprint density at radius 1 is 1.04 bits per heavy atom. The largest absolute Gasteiger partial charge is 0.379 e. The third-order valence-corrected chi connectivity index (χ3v) is 4.39. The monoisotopic (exact) mass is 330 g/mol. The molecule has 0 bridgehead atoms. The Bertz CT molecular complexity index is 281. The third kappa shape index (κ3) is 10.3. The molecule has 0 N–H and O–H groups in total. The molecule has 1 aliphatic heterocycles. The highest BCUT2D eigenvalue weighted by molar-refractivity contribution is 4.70. The van der Waals surface area contributed by atoms with E-state index in [4.69, 9.17) is 18.9 Å². The first-order valence-corrected chi connectivity index (χ1v) is 9.49. The van der Waals surface area contributed by atoms with Crippen LogP contribution < -0.4 is 0 Å². The zero-order chi connectivity index (χ0) is 17.0. The first-order valence-electron chi connectivity index (χ1n) is 9.49. The molecule has 0 radical (unpaired) electrons. The van der Waals surface area contributed by atoms with E-state index in [-0.39, 0.29) is 12.2 Å². The van der Waals surface area contributed by atoms with E-state index in [0.717, 1.165) is 6.42 Å². The van der Waals surface area contributed by atoms with Gasteiger partial charge in [0.1, 0.15) is 6.10 Å². The average Bonchev–Trinajstić information content (AvgIpc) is 2.87. The van der Waals surface area contributed by atoms with Crippen LogP contribution in [0.2, 0.25) is 0 Å². The molecule has 1 aliphatic rings. The van der Waals surface area contributed by atoms with Crippen molar-refractivity contribution in [2.24, 2.45) is 0 Å². The number of ether oxygens (including phenoxy) is 4. The van der Waals surface area contributed by atoms with E-state index in [2.05, 4.69) is 6.92 Å². The van der Waals surface area contributed by atoms with Crippen LogP contribution in [0.3, 0.4) is 0 Å². The smallest absolute Gasteiger partial charge is 0.163 e. The Morgan fingerprint density at radius 2 is 1.70 bits per heavy atom. The number of hydrogen-bond donors (Lipinski definition) is 0. The predicted molar refractivity (Wildman–Crippen MR) is 93.7 cm³/mol. The van der Waals surface area contributed by atoms with E-state index >= 15 is 0 Å². The van der Waals surface area contributed by atoms with Gasteiger partial charge >= 0.3 is 0 Å². The molecule has 0 spiro atoms. The molecular formula is C19H38O4. The fraction of sp³-hybridized carbons (Fsp3) is 1.00. The van der Waals surface area contributed by atoms with Crippen LogP contribution in [0.15, 0.2) is 0 Å². The highest BCUT2D eigenvalue weighted by atomic mass is 16.7. The second-order valence-corrected chi connectivity index (χ2v) is 7.11. The quantitative estimate of drug-likeness (QED) is 0.433. The van der Waals surface area contributed by atoms with Crippen molar-refractivity contribution in [1.82, 2.24) is 0 Å². The maximum absolute atomic E-state index is 5.76. The van der Waals surface area contributed by atoms with Crippen molar-refractivity contribution in [2.75, 3.05) is 26.9 Å². The second kappa shape index (κ2) is 12.2. The predicted octanol–water partition coefficient (Wildman–Crippen LogP) is 4.70. The average molecular weight is 331 g/mol. The van der Waals surface area contributed by atoms with Crippen LogP contribution in [0.25, 0.3) is 0 Å². The van der Waals surface area contributed by atoms with E-state index in [1.807, 2.05) is 13.8 Å². The number of hydrogen-bond acceptors (Lipinski definition) is 4. The van der Waals surface area contributed by atoms with Gasteiger partial charge in [-0.15, -0.1) is 0 Å².